The zero-order valence-corrected chi connectivity index (χ0v) is 18.7. The number of aromatic nitrogens is 2. The number of rotatable bonds is 6. The fourth-order valence-electron chi connectivity index (χ4n) is 5.22. The topological polar surface area (TPSA) is 55.5 Å². The summed E-state index contributed by atoms with van der Waals surface area (Å²) in [5, 5.41) is 1.29. The summed E-state index contributed by atoms with van der Waals surface area (Å²) in [6.45, 7) is 5.62. The van der Waals surface area contributed by atoms with Gasteiger partial charge in [0.15, 0.2) is 0 Å². The minimum absolute atomic E-state index is 0.157. The van der Waals surface area contributed by atoms with Crippen molar-refractivity contribution in [1.82, 2.24) is 14.9 Å². The first-order chi connectivity index (χ1) is 15.8. The van der Waals surface area contributed by atoms with Gasteiger partial charge in [-0.05, 0) is 43.2 Å². The maximum absolute atomic E-state index is 13.4. The Kier molecular flexibility index (Phi) is 6.39. The van der Waals surface area contributed by atoms with E-state index in [4.69, 9.17) is 0 Å². The summed E-state index contributed by atoms with van der Waals surface area (Å²) in [4.78, 5) is 28.1. The highest BCUT2D eigenvalue weighted by atomic mass is 16.2. The molecule has 5 rings (SSSR count). The Bertz CT molecular complexity index is 1020. The number of anilines is 2. The van der Waals surface area contributed by atoms with E-state index >= 15 is 0 Å². The van der Waals surface area contributed by atoms with E-state index in [-0.39, 0.29) is 11.8 Å². The van der Waals surface area contributed by atoms with Crippen molar-refractivity contribution >= 4 is 28.3 Å². The number of H-pyrrole nitrogens is 1. The zero-order chi connectivity index (χ0) is 21.8. The summed E-state index contributed by atoms with van der Waals surface area (Å²) in [6.07, 6.45) is 9.44. The Morgan fingerprint density at radius 3 is 2.62 bits per heavy atom. The number of hydrogen-bond donors (Lipinski definition) is 1. The minimum Gasteiger partial charge on any atom is -0.368 e. The second-order valence-electron chi connectivity index (χ2n) is 9.06. The summed E-state index contributed by atoms with van der Waals surface area (Å²) in [6, 6.07) is 14.5. The van der Waals surface area contributed by atoms with E-state index in [1.807, 2.05) is 29.3 Å². The predicted octanol–water partition coefficient (Wildman–Crippen LogP) is 4.30. The number of amides is 1. The van der Waals surface area contributed by atoms with Crippen molar-refractivity contribution in [3.05, 3.63) is 54.9 Å². The summed E-state index contributed by atoms with van der Waals surface area (Å²) < 4.78 is 0. The molecule has 6 heteroatoms. The van der Waals surface area contributed by atoms with Crippen molar-refractivity contribution in [3.8, 4) is 0 Å². The van der Waals surface area contributed by atoms with Crippen LogP contribution in [0.25, 0.3) is 10.9 Å². The van der Waals surface area contributed by atoms with Crippen molar-refractivity contribution in [2.45, 2.75) is 32.1 Å². The van der Waals surface area contributed by atoms with E-state index in [0.29, 0.717) is 6.54 Å². The molecule has 1 N–H and O–H groups in total. The third-order valence-electron chi connectivity index (χ3n) is 7.07. The highest BCUT2D eigenvalue weighted by molar-refractivity contribution is 5.94. The fraction of sp³-hybridized carbons (Fsp3) is 0.462. The molecule has 1 aliphatic carbocycles. The summed E-state index contributed by atoms with van der Waals surface area (Å²) >= 11 is 0. The Morgan fingerprint density at radius 2 is 1.84 bits per heavy atom. The van der Waals surface area contributed by atoms with Crippen LogP contribution in [-0.4, -0.2) is 60.0 Å². The Balaban J connectivity index is 1.21. The molecule has 3 aromatic rings. The lowest BCUT2D eigenvalue weighted by atomic mass is 9.88. The molecule has 1 saturated carbocycles. The third kappa shape index (κ3) is 4.51. The van der Waals surface area contributed by atoms with Gasteiger partial charge < -0.3 is 9.88 Å². The summed E-state index contributed by atoms with van der Waals surface area (Å²) in [5.74, 6) is 1.21. The van der Waals surface area contributed by atoms with Gasteiger partial charge >= 0.3 is 0 Å². The van der Waals surface area contributed by atoms with E-state index in [0.717, 1.165) is 51.4 Å². The van der Waals surface area contributed by atoms with Gasteiger partial charge in [0.25, 0.3) is 0 Å². The van der Waals surface area contributed by atoms with Crippen LogP contribution < -0.4 is 9.80 Å². The number of fused-ring (bicyclic) bond motifs is 1. The molecule has 0 unspecified atom stereocenters. The lowest BCUT2D eigenvalue weighted by Crippen LogP contribution is -2.49. The van der Waals surface area contributed by atoms with Crippen LogP contribution in [0.15, 0.2) is 54.9 Å². The van der Waals surface area contributed by atoms with E-state index in [1.54, 1.807) is 6.20 Å². The highest BCUT2D eigenvalue weighted by Gasteiger charge is 2.28. The first kappa shape index (κ1) is 21.0. The molecule has 2 aliphatic rings. The Morgan fingerprint density at radius 1 is 1.00 bits per heavy atom. The van der Waals surface area contributed by atoms with Crippen molar-refractivity contribution < 1.29 is 4.79 Å². The molecule has 0 bridgehead atoms. The monoisotopic (exact) mass is 431 g/mol. The predicted molar refractivity (Wildman–Crippen MR) is 130 cm³/mol. The number of nitrogens with zero attached hydrogens (tertiary/aromatic N) is 4. The number of piperazine rings is 1. The fourth-order valence-corrected chi connectivity index (χ4v) is 5.22. The maximum atomic E-state index is 13.4. The molecular weight excluding hydrogens is 398 g/mol. The van der Waals surface area contributed by atoms with Crippen molar-refractivity contribution in [1.29, 1.82) is 0 Å². The first-order valence-electron chi connectivity index (χ1n) is 12.1. The standard InChI is InChI=1S/C26H33N5O/c32-26(21-7-2-1-3-8-21)31(25-11-4-5-13-28-25)20-17-29-15-18-30(19-16-29)24-10-6-9-23-22(24)12-14-27-23/h4-6,9-14,21,27H,1-3,7-8,15-20H2. The quantitative estimate of drug-likeness (QED) is 0.632. The van der Waals surface area contributed by atoms with Crippen molar-refractivity contribution in [3.63, 3.8) is 0 Å². The molecule has 0 spiro atoms. The van der Waals surface area contributed by atoms with Gasteiger partial charge in [-0.25, -0.2) is 4.98 Å². The van der Waals surface area contributed by atoms with E-state index < -0.39 is 0 Å². The molecular formula is C26H33N5O. The van der Waals surface area contributed by atoms with Crippen molar-refractivity contribution in [2.24, 2.45) is 5.92 Å². The molecule has 0 atom stereocenters. The number of carbonyl (C=O) groups excluding carboxylic acids is 1. The number of carbonyl (C=O) groups is 1. The smallest absolute Gasteiger partial charge is 0.231 e. The average Bonchev–Trinajstić information content (AvgIpc) is 3.35. The molecule has 2 fully saturated rings. The third-order valence-corrected chi connectivity index (χ3v) is 7.07. The van der Waals surface area contributed by atoms with Crippen LogP contribution in [0.4, 0.5) is 11.5 Å². The number of pyridine rings is 1. The van der Waals surface area contributed by atoms with Crippen LogP contribution in [0.3, 0.4) is 0 Å². The number of benzene rings is 1. The van der Waals surface area contributed by atoms with Crippen LogP contribution in [0.2, 0.25) is 0 Å². The minimum atomic E-state index is 0.157. The van der Waals surface area contributed by atoms with E-state index in [1.165, 1.54) is 35.9 Å². The normalized spacial score (nSPS) is 18.2. The van der Waals surface area contributed by atoms with Crippen molar-refractivity contribution in [2.75, 3.05) is 49.1 Å². The Hall–Kier alpha value is -2.86. The molecule has 6 nitrogen and oxygen atoms in total. The van der Waals surface area contributed by atoms with Gasteiger partial charge in [-0.1, -0.05) is 31.4 Å². The van der Waals surface area contributed by atoms with Crippen LogP contribution in [0.1, 0.15) is 32.1 Å². The molecule has 1 aromatic carbocycles. The van der Waals surface area contributed by atoms with Crippen LogP contribution in [0.5, 0.6) is 0 Å². The lowest BCUT2D eigenvalue weighted by Gasteiger charge is -2.37. The zero-order valence-electron chi connectivity index (χ0n) is 18.7. The molecule has 168 valence electrons. The molecule has 3 heterocycles. The van der Waals surface area contributed by atoms with Gasteiger partial charge in [0, 0.05) is 74.2 Å². The maximum Gasteiger partial charge on any atom is 0.231 e. The van der Waals surface area contributed by atoms with Crippen LogP contribution >= 0.6 is 0 Å². The average molecular weight is 432 g/mol. The molecule has 2 aromatic heterocycles. The summed E-state index contributed by atoms with van der Waals surface area (Å²) in [5.41, 5.74) is 2.50. The lowest BCUT2D eigenvalue weighted by molar-refractivity contribution is -0.123. The number of hydrogen-bond acceptors (Lipinski definition) is 4. The highest BCUT2D eigenvalue weighted by Crippen LogP contribution is 2.28. The van der Waals surface area contributed by atoms with Crippen LogP contribution in [0, 0.1) is 5.92 Å². The SMILES string of the molecule is O=C(C1CCCCC1)N(CCN1CCN(c2cccc3[nH]ccc23)CC1)c1ccccn1. The van der Waals surface area contributed by atoms with E-state index in [2.05, 4.69) is 44.0 Å². The van der Waals surface area contributed by atoms with Crippen LogP contribution in [-0.2, 0) is 4.79 Å². The molecule has 1 aliphatic heterocycles. The van der Waals surface area contributed by atoms with Gasteiger partial charge in [0.05, 0.1) is 0 Å². The number of nitrogens with one attached hydrogen (secondary N) is 1. The summed E-state index contributed by atoms with van der Waals surface area (Å²) in [7, 11) is 0. The molecule has 1 amide bonds. The van der Waals surface area contributed by atoms with Gasteiger partial charge in [0.2, 0.25) is 5.91 Å². The number of aromatic amines is 1. The van der Waals surface area contributed by atoms with Gasteiger partial charge in [-0.15, -0.1) is 0 Å². The van der Waals surface area contributed by atoms with Gasteiger partial charge in [0.1, 0.15) is 5.82 Å². The second kappa shape index (κ2) is 9.74. The van der Waals surface area contributed by atoms with Gasteiger partial charge in [-0.3, -0.25) is 14.6 Å². The molecule has 32 heavy (non-hydrogen) atoms. The Labute approximate surface area is 190 Å². The largest absolute Gasteiger partial charge is 0.368 e. The second-order valence-corrected chi connectivity index (χ2v) is 9.06. The van der Waals surface area contributed by atoms with E-state index in [9.17, 15) is 4.79 Å². The van der Waals surface area contributed by atoms with Gasteiger partial charge in [-0.2, -0.15) is 0 Å². The first-order valence-corrected chi connectivity index (χ1v) is 12.1. The molecule has 1 saturated heterocycles. The molecule has 0 radical (unpaired) electrons.